The molecule has 1 aromatic heterocycles. The van der Waals surface area contributed by atoms with Gasteiger partial charge in [-0.2, -0.15) is 5.10 Å². The fraction of sp³-hybridized carbons (Fsp3) is 0.357. The minimum absolute atomic E-state index is 0.742. The highest BCUT2D eigenvalue weighted by molar-refractivity contribution is 5.72. The molecule has 3 N–H and O–H groups in total. The first-order valence-electron chi connectivity index (χ1n) is 6.33. The van der Waals surface area contributed by atoms with Crippen molar-refractivity contribution >= 4 is 17.2 Å². The van der Waals surface area contributed by atoms with Gasteiger partial charge in [-0.15, -0.1) is 0 Å². The van der Waals surface area contributed by atoms with E-state index in [1.54, 1.807) is 4.68 Å². The van der Waals surface area contributed by atoms with E-state index in [1.807, 2.05) is 19.2 Å². The molecule has 18 heavy (non-hydrogen) atoms. The second-order valence-electron chi connectivity index (χ2n) is 4.32. The molecule has 0 amide bonds. The van der Waals surface area contributed by atoms with E-state index in [2.05, 4.69) is 36.4 Å². The summed E-state index contributed by atoms with van der Waals surface area (Å²) in [5, 5.41) is 7.80. The zero-order valence-electron chi connectivity index (χ0n) is 11.2. The number of nitrogens with one attached hydrogen (secondary N) is 1. The Labute approximate surface area is 108 Å². The van der Waals surface area contributed by atoms with Crippen LogP contribution < -0.4 is 11.1 Å². The molecule has 96 valence electrons. The quantitative estimate of drug-likeness (QED) is 0.869. The lowest BCUT2D eigenvalue weighted by Gasteiger charge is -2.11. The molecule has 0 saturated heterocycles. The standard InChI is InChI=1S/C14H20N4/c1-4-10-8-6-7-9-12(10)16-14-13(15)11(5-2)17-18(14)3/h6-9,16H,4-5,15H2,1-3H3. The summed E-state index contributed by atoms with van der Waals surface area (Å²) in [6.07, 6.45) is 1.83. The first-order valence-corrected chi connectivity index (χ1v) is 6.33. The molecular weight excluding hydrogens is 224 g/mol. The highest BCUT2D eigenvalue weighted by atomic mass is 15.3. The molecule has 0 fully saturated rings. The Bertz CT molecular complexity index is 543. The lowest BCUT2D eigenvalue weighted by Crippen LogP contribution is -2.03. The van der Waals surface area contributed by atoms with E-state index in [0.29, 0.717) is 0 Å². The number of benzene rings is 1. The molecule has 0 aliphatic rings. The van der Waals surface area contributed by atoms with Crippen molar-refractivity contribution < 1.29 is 0 Å². The average molecular weight is 244 g/mol. The monoisotopic (exact) mass is 244 g/mol. The van der Waals surface area contributed by atoms with Crippen LogP contribution in [-0.4, -0.2) is 9.78 Å². The Balaban J connectivity index is 2.37. The van der Waals surface area contributed by atoms with Crippen LogP contribution in [0, 0.1) is 0 Å². The SMILES string of the molecule is CCc1ccccc1Nc1c(N)c(CC)nn1C. The zero-order chi connectivity index (χ0) is 13.1. The Hall–Kier alpha value is -1.97. The number of aryl methyl sites for hydroxylation is 3. The number of nitrogens with two attached hydrogens (primary N) is 1. The van der Waals surface area contributed by atoms with Crippen LogP contribution in [-0.2, 0) is 19.9 Å². The maximum absolute atomic E-state index is 6.11. The van der Waals surface area contributed by atoms with Crippen LogP contribution in [0.3, 0.4) is 0 Å². The minimum Gasteiger partial charge on any atom is -0.394 e. The molecule has 0 aliphatic carbocycles. The molecule has 4 nitrogen and oxygen atoms in total. The van der Waals surface area contributed by atoms with Gasteiger partial charge in [0.25, 0.3) is 0 Å². The van der Waals surface area contributed by atoms with Crippen molar-refractivity contribution in [1.82, 2.24) is 9.78 Å². The van der Waals surface area contributed by atoms with E-state index < -0.39 is 0 Å². The van der Waals surface area contributed by atoms with Crippen molar-refractivity contribution in [3.63, 3.8) is 0 Å². The first-order chi connectivity index (χ1) is 8.67. The van der Waals surface area contributed by atoms with Crippen molar-refractivity contribution in [1.29, 1.82) is 0 Å². The first kappa shape index (κ1) is 12.5. The van der Waals surface area contributed by atoms with Crippen LogP contribution in [0.25, 0.3) is 0 Å². The number of nitrogens with zero attached hydrogens (tertiary/aromatic N) is 2. The predicted octanol–water partition coefficient (Wildman–Crippen LogP) is 2.87. The lowest BCUT2D eigenvalue weighted by molar-refractivity contribution is 0.753. The summed E-state index contributed by atoms with van der Waals surface area (Å²) >= 11 is 0. The molecule has 0 spiro atoms. The number of hydrogen-bond acceptors (Lipinski definition) is 3. The highest BCUT2D eigenvalue weighted by Gasteiger charge is 2.12. The van der Waals surface area contributed by atoms with E-state index >= 15 is 0 Å². The van der Waals surface area contributed by atoms with Crippen LogP contribution in [0.4, 0.5) is 17.2 Å². The number of nitrogen functional groups attached to an aromatic ring is 1. The van der Waals surface area contributed by atoms with Crippen LogP contribution in [0.1, 0.15) is 25.1 Å². The topological polar surface area (TPSA) is 55.9 Å². The van der Waals surface area contributed by atoms with Gasteiger partial charge in [-0.05, 0) is 24.5 Å². The van der Waals surface area contributed by atoms with Gasteiger partial charge in [0, 0.05) is 12.7 Å². The normalized spacial score (nSPS) is 10.6. The van der Waals surface area contributed by atoms with E-state index in [0.717, 1.165) is 35.7 Å². The van der Waals surface area contributed by atoms with Crippen molar-refractivity contribution in [3.8, 4) is 0 Å². The fourth-order valence-corrected chi connectivity index (χ4v) is 2.08. The Morgan fingerprint density at radius 2 is 1.94 bits per heavy atom. The van der Waals surface area contributed by atoms with Gasteiger partial charge in [-0.1, -0.05) is 32.0 Å². The summed E-state index contributed by atoms with van der Waals surface area (Å²) in [5.74, 6) is 0.868. The van der Waals surface area contributed by atoms with Gasteiger partial charge in [0.1, 0.15) is 0 Å². The second-order valence-corrected chi connectivity index (χ2v) is 4.32. The average Bonchev–Trinajstić information content (AvgIpc) is 2.66. The summed E-state index contributed by atoms with van der Waals surface area (Å²) in [6, 6.07) is 8.26. The van der Waals surface area contributed by atoms with Gasteiger partial charge in [-0.3, -0.25) is 4.68 Å². The molecule has 1 aromatic carbocycles. The summed E-state index contributed by atoms with van der Waals surface area (Å²) in [7, 11) is 1.91. The zero-order valence-corrected chi connectivity index (χ0v) is 11.2. The van der Waals surface area contributed by atoms with Gasteiger partial charge in [0.15, 0.2) is 5.82 Å². The predicted molar refractivity (Wildman–Crippen MR) is 76.1 cm³/mol. The van der Waals surface area contributed by atoms with Crippen LogP contribution in [0.2, 0.25) is 0 Å². The molecule has 0 radical (unpaired) electrons. The molecular formula is C14H20N4. The number of anilines is 3. The molecule has 0 atom stereocenters. The highest BCUT2D eigenvalue weighted by Crippen LogP contribution is 2.27. The number of rotatable bonds is 4. The van der Waals surface area contributed by atoms with Crippen LogP contribution in [0.15, 0.2) is 24.3 Å². The van der Waals surface area contributed by atoms with E-state index in [1.165, 1.54) is 5.56 Å². The summed E-state index contributed by atoms with van der Waals surface area (Å²) < 4.78 is 1.81. The second kappa shape index (κ2) is 5.12. The Morgan fingerprint density at radius 1 is 1.22 bits per heavy atom. The number of hydrogen-bond donors (Lipinski definition) is 2. The molecule has 2 rings (SSSR count). The van der Waals surface area contributed by atoms with Crippen molar-refractivity contribution in [3.05, 3.63) is 35.5 Å². The van der Waals surface area contributed by atoms with Gasteiger partial charge >= 0.3 is 0 Å². The lowest BCUT2D eigenvalue weighted by atomic mass is 10.1. The van der Waals surface area contributed by atoms with Gasteiger partial charge < -0.3 is 11.1 Å². The third-order valence-corrected chi connectivity index (χ3v) is 3.15. The van der Waals surface area contributed by atoms with Crippen LogP contribution >= 0.6 is 0 Å². The van der Waals surface area contributed by atoms with Crippen LogP contribution in [0.5, 0.6) is 0 Å². The van der Waals surface area contributed by atoms with E-state index in [4.69, 9.17) is 5.73 Å². The summed E-state index contributed by atoms with van der Waals surface area (Å²) in [5.41, 5.74) is 10.2. The molecule has 1 heterocycles. The summed E-state index contributed by atoms with van der Waals surface area (Å²) in [4.78, 5) is 0. The van der Waals surface area contributed by atoms with Gasteiger partial charge in [0.05, 0.1) is 11.4 Å². The van der Waals surface area contributed by atoms with Gasteiger partial charge in [0.2, 0.25) is 0 Å². The largest absolute Gasteiger partial charge is 0.394 e. The molecule has 0 unspecified atom stereocenters. The Kier molecular flexibility index (Phi) is 3.55. The molecule has 0 bridgehead atoms. The number of aromatic nitrogens is 2. The smallest absolute Gasteiger partial charge is 0.152 e. The minimum atomic E-state index is 0.742. The van der Waals surface area contributed by atoms with Crippen molar-refractivity contribution in [2.45, 2.75) is 26.7 Å². The molecule has 2 aromatic rings. The van der Waals surface area contributed by atoms with Crippen molar-refractivity contribution in [2.24, 2.45) is 7.05 Å². The number of para-hydroxylation sites is 1. The Morgan fingerprint density at radius 3 is 2.56 bits per heavy atom. The molecule has 0 aliphatic heterocycles. The maximum atomic E-state index is 6.11. The summed E-state index contributed by atoms with van der Waals surface area (Å²) in [6.45, 7) is 4.20. The van der Waals surface area contributed by atoms with Crippen molar-refractivity contribution in [2.75, 3.05) is 11.1 Å². The van der Waals surface area contributed by atoms with E-state index in [-0.39, 0.29) is 0 Å². The molecule has 0 saturated carbocycles. The van der Waals surface area contributed by atoms with E-state index in [9.17, 15) is 0 Å². The third-order valence-electron chi connectivity index (χ3n) is 3.15. The third kappa shape index (κ3) is 2.18. The van der Waals surface area contributed by atoms with Gasteiger partial charge in [-0.25, -0.2) is 0 Å². The fourth-order valence-electron chi connectivity index (χ4n) is 2.08. The molecule has 4 heteroatoms. The maximum Gasteiger partial charge on any atom is 0.152 e.